The molecular formula is C14H18ClNO4S. The number of hydrogen-bond donors (Lipinski definition) is 2. The van der Waals surface area contributed by atoms with Crippen molar-refractivity contribution in [3.8, 4) is 0 Å². The van der Waals surface area contributed by atoms with Crippen LogP contribution in [0.4, 0.5) is 0 Å². The molecule has 21 heavy (non-hydrogen) atoms. The van der Waals surface area contributed by atoms with E-state index in [0.717, 1.165) is 12.8 Å². The summed E-state index contributed by atoms with van der Waals surface area (Å²) in [6.45, 7) is 0.319. The van der Waals surface area contributed by atoms with Crippen LogP contribution in [-0.4, -0.2) is 26.0 Å². The summed E-state index contributed by atoms with van der Waals surface area (Å²) in [5.74, 6) is -0.871. The van der Waals surface area contributed by atoms with Gasteiger partial charge in [0.25, 0.3) is 0 Å². The summed E-state index contributed by atoms with van der Waals surface area (Å²) in [7, 11) is -3.62. The Bertz CT molecular complexity index is 609. The molecule has 1 saturated carbocycles. The van der Waals surface area contributed by atoms with E-state index in [1.165, 1.54) is 12.1 Å². The quantitative estimate of drug-likeness (QED) is 0.868. The molecule has 1 aliphatic rings. The predicted octanol–water partition coefficient (Wildman–Crippen LogP) is 2.51. The van der Waals surface area contributed by atoms with Crippen molar-refractivity contribution in [1.82, 2.24) is 4.72 Å². The van der Waals surface area contributed by atoms with E-state index < -0.39 is 16.0 Å². The zero-order valence-electron chi connectivity index (χ0n) is 11.5. The number of benzene rings is 1. The first-order valence-corrected chi connectivity index (χ1v) is 8.73. The van der Waals surface area contributed by atoms with Gasteiger partial charge in [-0.05, 0) is 43.7 Å². The SMILES string of the molecule is O=C(O)C1CCC(CNS(=O)(=O)c2ccccc2Cl)CC1. The molecule has 0 aliphatic heterocycles. The molecule has 0 atom stereocenters. The van der Waals surface area contributed by atoms with E-state index in [4.69, 9.17) is 16.7 Å². The van der Waals surface area contributed by atoms with Crippen molar-refractivity contribution >= 4 is 27.6 Å². The topological polar surface area (TPSA) is 83.5 Å². The molecule has 7 heteroatoms. The van der Waals surface area contributed by atoms with Crippen LogP contribution in [0.1, 0.15) is 25.7 Å². The second-order valence-electron chi connectivity index (χ2n) is 5.34. The maximum atomic E-state index is 12.2. The smallest absolute Gasteiger partial charge is 0.306 e. The summed E-state index contributed by atoms with van der Waals surface area (Å²) in [5.41, 5.74) is 0. The minimum Gasteiger partial charge on any atom is -0.481 e. The second kappa shape index (κ2) is 6.77. The van der Waals surface area contributed by atoms with Crippen molar-refractivity contribution in [3.63, 3.8) is 0 Å². The van der Waals surface area contributed by atoms with Gasteiger partial charge in [0, 0.05) is 6.54 Å². The molecule has 116 valence electrons. The summed E-state index contributed by atoms with van der Waals surface area (Å²) in [6.07, 6.45) is 2.66. The molecule has 0 bridgehead atoms. The lowest BCUT2D eigenvalue weighted by atomic mass is 9.82. The highest BCUT2D eigenvalue weighted by molar-refractivity contribution is 7.89. The Balaban J connectivity index is 1.92. The van der Waals surface area contributed by atoms with E-state index >= 15 is 0 Å². The molecule has 0 unspecified atom stereocenters. The van der Waals surface area contributed by atoms with Gasteiger partial charge in [0.1, 0.15) is 4.90 Å². The van der Waals surface area contributed by atoms with Gasteiger partial charge < -0.3 is 5.11 Å². The van der Waals surface area contributed by atoms with Crippen LogP contribution in [0.15, 0.2) is 29.2 Å². The zero-order chi connectivity index (χ0) is 15.5. The van der Waals surface area contributed by atoms with Crippen molar-refractivity contribution in [2.75, 3.05) is 6.54 Å². The monoisotopic (exact) mass is 331 g/mol. The van der Waals surface area contributed by atoms with Crippen LogP contribution in [0.2, 0.25) is 5.02 Å². The number of carboxylic acid groups (broad SMARTS) is 1. The number of aliphatic carboxylic acids is 1. The molecule has 1 fully saturated rings. The van der Waals surface area contributed by atoms with Gasteiger partial charge in [-0.25, -0.2) is 13.1 Å². The molecule has 0 aromatic heterocycles. The van der Waals surface area contributed by atoms with Gasteiger partial charge in [-0.1, -0.05) is 23.7 Å². The van der Waals surface area contributed by atoms with Crippen LogP contribution in [0.3, 0.4) is 0 Å². The van der Waals surface area contributed by atoms with Crippen LogP contribution < -0.4 is 4.72 Å². The van der Waals surface area contributed by atoms with Gasteiger partial charge in [-0.15, -0.1) is 0 Å². The standard InChI is InChI=1S/C14H18ClNO4S/c15-12-3-1-2-4-13(12)21(19,20)16-9-10-5-7-11(8-6-10)14(17)18/h1-4,10-11,16H,5-9H2,(H,17,18). The molecule has 0 amide bonds. The fourth-order valence-electron chi connectivity index (χ4n) is 2.58. The summed E-state index contributed by atoms with van der Waals surface area (Å²) in [6, 6.07) is 6.30. The van der Waals surface area contributed by atoms with Crippen molar-refractivity contribution in [1.29, 1.82) is 0 Å². The second-order valence-corrected chi connectivity index (χ2v) is 7.48. The Morgan fingerprint density at radius 2 is 1.86 bits per heavy atom. The van der Waals surface area contributed by atoms with E-state index in [2.05, 4.69) is 4.72 Å². The minimum atomic E-state index is -3.62. The first-order chi connectivity index (χ1) is 9.90. The van der Waals surface area contributed by atoms with E-state index in [0.29, 0.717) is 19.4 Å². The molecule has 0 radical (unpaired) electrons. The minimum absolute atomic E-state index is 0.0749. The normalized spacial score (nSPS) is 22.9. The maximum Gasteiger partial charge on any atom is 0.306 e. The summed E-state index contributed by atoms with van der Waals surface area (Å²) < 4.78 is 26.9. The van der Waals surface area contributed by atoms with Gasteiger partial charge in [-0.2, -0.15) is 0 Å². The number of halogens is 1. The van der Waals surface area contributed by atoms with Crippen LogP contribution in [-0.2, 0) is 14.8 Å². The van der Waals surface area contributed by atoms with Crippen LogP contribution in [0.5, 0.6) is 0 Å². The highest BCUT2D eigenvalue weighted by Crippen LogP contribution is 2.29. The number of hydrogen-bond acceptors (Lipinski definition) is 3. The highest BCUT2D eigenvalue weighted by atomic mass is 35.5. The lowest BCUT2D eigenvalue weighted by Crippen LogP contribution is -2.32. The fourth-order valence-corrected chi connectivity index (χ4v) is 4.22. The molecule has 5 nitrogen and oxygen atoms in total. The third-order valence-corrected chi connectivity index (χ3v) is 5.81. The molecule has 1 aliphatic carbocycles. The first kappa shape index (κ1) is 16.3. The lowest BCUT2D eigenvalue weighted by molar-refractivity contribution is -0.143. The van der Waals surface area contributed by atoms with Crippen molar-refractivity contribution in [3.05, 3.63) is 29.3 Å². The molecule has 1 aromatic carbocycles. The molecule has 0 spiro atoms. The predicted molar refractivity (Wildman–Crippen MR) is 79.7 cm³/mol. The summed E-state index contributed by atoms with van der Waals surface area (Å²) in [4.78, 5) is 10.9. The Labute approximate surface area is 129 Å². The third-order valence-electron chi connectivity index (χ3n) is 3.88. The molecule has 1 aromatic rings. The molecule has 2 rings (SSSR count). The van der Waals surface area contributed by atoms with E-state index in [1.807, 2.05) is 0 Å². The third kappa shape index (κ3) is 4.18. The highest BCUT2D eigenvalue weighted by Gasteiger charge is 2.27. The Morgan fingerprint density at radius 1 is 1.24 bits per heavy atom. The van der Waals surface area contributed by atoms with Gasteiger partial charge in [0.2, 0.25) is 10.0 Å². The average Bonchev–Trinajstić information content (AvgIpc) is 2.46. The molecule has 2 N–H and O–H groups in total. The van der Waals surface area contributed by atoms with Crippen LogP contribution in [0, 0.1) is 11.8 Å². The molecule has 0 saturated heterocycles. The zero-order valence-corrected chi connectivity index (χ0v) is 13.0. The van der Waals surface area contributed by atoms with Crippen molar-refractivity contribution in [2.24, 2.45) is 11.8 Å². The number of sulfonamides is 1. The number of carbonyl (C=O) groups is 1. The van der Waals surface area contributed by atoms with Crippen LogP contribution in [0.25, 0.3) is 0 Å². The van der Waals surface area contributed by atoms with Gasteiger partial charge >= 0.3 is 5.97 Å². The summed E-state index contributed by atoms with van der Waals surface area (Å²) >= 11 is 5.90. The van der Waals surface area contributed by atoms with E-state index in [9.17, 15) is 13.2 Å². The van der Waals surface area contributed by atoms with E-state index in [-0.39, 0.29) is 21.8 Å². The first-order valence-electron chi connectivity index (χ1n) is 6.87. The molecule has 0 heterocycles. The maximum absolute atomic E-state index is 12.2. The largest absolute Gasteiger partial charge is 0.481 e. The van der Waals surface area contributed by atoms with Gasteiger partial charge in [0.05, 0.1) is 10.9 Å². The van der Waals surface area contributed by atoms with Crippen molar-refractivity contribution in [2.45, 2.75) is 30.6 Å². The van der Waals surface area contributed by atoms with Gasteiger partial charge in [-0.3, -0.25) is 4.79 Å². The Hall–Kier alpha value is -1.11. The van der Waals surface area contributed by atoms with E-state index in [1.54, 1.807) is 12.1 Å². The number of carboxylic acids is 1. The van der Waals surface area contributed by atoms with Crippen LogP contribution >= 0.6 is 11.6 Å². The Kier molecular flexibility index (Phi) is 5.24. The lowest BCUT2D eigenvalue weighted by Gasteiger charge is -2.26. The fraction of sp³-hybridized carbons (Fsp3) is 0.500. The number of nitrogens with one attached hydrogen (secondary N) is 1. The molecular weight excluding hydrogens is 314 g/mol. The van der Waals surface area contributed by atoms with Gasteiger partial charge in [0.15, 0.2) is 0 Å². The average molecular weight is 332 g/mol. The summed E-state index contributed by atoms with van der Waals surface area (Å²) in [5, 5.41) is 9.13. The Morgan fingerprint density at radius 3 is 2.43 bits per heavy atom. The van der Waals surface area contributed by atoms with Crippen molar-refractivity contribution < 1.29 is 18.3 Å². The number of rotatable bonds is 5.